The maximum Gasteiger partial charge on any atom is 0.358 e. The molecule has 0 aliphatic carbocycles. The van der Waals surface area contributed by atoms with Gasteiger partial charge in [0, 0.05) is 12.3 Å². The molecule has 1 aromatic heterocycles. The largest absolute Gasteiger partial charge is 0.464 e. The Balaban J connectivity index is 2.81. The van der Waals surface area contributed by atoms with Crippen molar-refractivity contribution < 1.29 is 19.2 Å². The summed E-state index contributed by atoms with van der Waals surface area (Å²) in [5.74, 6) is -1.04. The number of fused-ring (bicyclic) bond motifs is 1. The summed E-state index contributed by atoms with van der Waals surface area (Å²) in [7, 11) is 1.29. The first-order chi connectivity index (χ1) is 8.95. The molecular formula is C14H15NO4. The van der Waals surface area contributed by atoms with Gasteiger partial charge in [0.25, 0.3) is 0 Å². The maximum atomic E-state index is 11.8. The van der Waals surface area contributed by atoms with Gasteiger partial charge in [-0.15, -0.1) is 0 Å². The number of hydrogen-bond donors (Lipinski definition) is 0. The predicted molar refractivity (Wildman–Crippen MR) is 70.0 cm³/mol. The highest BCUT2D eigenvalue weighted by Gasteiger charge is 2.20. The van der Waals surface area contributed by atoms with Gasteiger partial charge in [0.05, 0.1) is 12.6 Å². The number of carbonyl (C=O) groups excluding carboxylic acids is 2. The van der Waals surface area contributed by atoms with Gasteiger partial charge in [-0.25, -0.2) is 9.59 Å². The SMILES string of the molecule is COC(=O)c1cc2c(C)ccc(C)c2n1OC(C)=O. The Labute approximate surface area is 110 Å². The number of benzene rings is 1. The van der Waals surface area contributed by atoms with Crippen molar-refractivity contribution in [1.29, 1.82) is 0 Å². The van der Waals surface area contributed by atoms with Gasteiger partial charge >= 0.3 is 11.9 Å². The summed E-state index contributed by atoms with van der Waals surface area (Å²) >= 11 is 0. The fraction of sp³-hybridized carbons (Fsp3) is 0.286. The van der Waals surface area contributed by atoms with E-state index < -0.39 is 11.9 Å². The average Bonchev–Trinajstić information content (AvgIpc) is 2.73. The summed E-state index contributed by atoms with van der Waals surface area (Å²) in [6.45, 7) is 5.11. The molecule has 0 unspecified atom stereocenters. The van der Waals surface area contributed by atoms with Crippen molar-refractivity contribution in [3.63, 3.8) is 0 Å². The smallest absolute Gasteiger partial charge is 0.358 e. The third-order valence-electron chi connectivity index (χ3n) is 2.95. The molecule has 0 amide bonds. The topological polar surface area (TPSA) is 57.5 Å². The number of nitrogens with zero attached hydrogens (tertiary/aromatic N) is 1. The summed E-state index contributed by atoms with van der Waals surface area (Å²) < 4.78 is 5.96. The van der Waals surface area contributed by atoms with Gasteiger partial charge in [-0.3, -0.25) is 0 Å². The summed E-state index contributed by atoms with van der Waals surface area (Å²) in [6, 6.07) is 5.54. The molecule has 100 valence electrons. The highest BCUT2D eigenvalue weighted by Crippen LogP contribution is 2.26. The van der Waals surface area contributed by atoms with Crippen LogP contribution >= 0.6 is 0 Å². The highest BCUT2D eigenvalue weighted by atomic mass is 16.7. The van der Waals surface area contributed by atoms with Crippen LogP contribution in [0.15, 0.2) is 18.2 Å². The van der Waals surface area contributed by atoms with E-state index in [1.807, 2.05) is 26.0 Å². The van der Waals surface area contributed by atoms with Crippen molar-refractivity contribution in [1.82, 2.24) is 4.73 Å². The Morgan fingerprint density at radius 1 is 1.16 bits per heavy atom. The number of methoxy groups -OCH3 is 1. The summed E-state index contributed by atoms with van der Waals surface area (Å²) in [4.78, 5) is 28.1. The van der Waals surface area contributed by atoms with Gasteiger partial charge in [-0.2, -0.15) is 4.73 Å². The van der Waals surface area contributed by atoms with Crippen LogP contribution in [0.2, 0.25) is 0 Å². The van der Waals surface area contributed by atoms with Crippen LogP contribution in [-0.4, -0.2) is 23.8 Å². The van der Waals surface area contributed by atoms with Crippen LogP contribution in [0.25, 0.3) is 10.9 Å². The van der Waals surface area contributed by atoms with E-state index in [1.54, 1.807) is 6.07 Å². The molecule has 2 aromatic rings. The van der Waals surface area contributed by atoms with E-state index in [9.17, 15) is 9.59 Å². The highest BCUT2D eigenvalue weighted by molar-refractivity contribution is 5.97. The van der Waals surface area contributed by atoms with Crippen LogP contribution in [0.1, 0.15) is 28.5 Å². The van der Waals surface area contributed by atoms with Gasteiger partial charge in [0.15, 0.2) is 5.69 Å². The first-order valence-corrected chi connectivity index (χ1v) is 5.84. The van der Waals surface area contributed by atoms with Crippen molar-refractivity contribution >= 4 is 22.8 Å². The van der Waals surface area contributed by atoms with Crippen molar-refractivity contribution in [3.8, 4) is 0 Å². The number of hydrogen-bond acceptors (Lipinski definition) is 4. The molecule has 0 saturated carbocycles. The molecule has 0 saturated heterocycles. The van der Waals surface area contributed by atoms with Crippen LogP contribution < -0.4 is 4.84 Å². The van der Waals surface area contributed by atoms with Gasteiger partial charge in [0.1, 0.15) is 0 Å². The Morgan fingerprint density at radius 2 is 1.79 bits per heavy atom. The summed E-state index contributed by atoms with van der Waals surface area (Å²) in [6.07, 6.45) is 0. The normalized spacial score (nSPS) is 10.5. The number of ether oxygens (including phenoxy) is 1. The van der Waals surface area contributed by atoms with Gasteiger partial charge in [-0.1, -0.05) is 12.1 Å². The van der Waals surface area contributed by atoms with Crippen molar-refractivity contribution in [2.75, 3.05) is 7.11 Å². The third-order valence-corrected chi connectivity index (χ3v) is 2.95. The molecule has 0 aliphatic heterocycles. The molecule has 5 nitrogen and oxygen atoms in total. The zero-order valence-electron chi connectivity index (χ0n) is 11.3. The van der Waals surface area contributed by atoms with Crippen LogP contribution in [0.5, 0.6) is 0 Å². The molecule has 0 spiro atoms. The van der Waals surface area contributed by atoms with Gasteiger partial charge < -0.3 is 9.57 Å². The third kappa shape index (κ3) is 2.19. The Hall–Kier alpha value is -2.30. The minimum atomic E-state index is -0.545. The number of aromatic nitrogens is 1. The van der Waals surface area contributed by atoms with Gasteiger partial charge in [0.2, 0.25) is 0 Å². The fourth-order valence-corrected chi connectivity index (χ4v) is 2.06. The zero-order valence-corrected chi connectivity index (χ0v) is 11.3. The molecule has 5 heteroatoms. The second kappa shape index (κ2) is 4.76. The van der Waals surface area contributed by atoms with Crippen LogP contribution in [0.4, 0.5) is 0 Å². The van der Waals surface area contributed by atoms with E-state index in [-0.39, 0.29) is 5.69 Å². The molecule has 0 atom stereocenters. The van der Waals surface area contributed by atoms with E-state index in [2.05, 4.69) is 0 Å². The lowest BCUT2D eigenvalue weighted by Gasteiger charge is -2.09. The second-order valence-corrected chi connectivity index (χ2v) is 4.36. The minimum Gasteiger partial charge on any atom is -0.464 e. The van der Waals surface area contributed by atoms with E-state index >= 15 is 0 Å². The lowest BCUT2D eigenvalue weighted by atomic mass is 10.1. The lowest BCUT2D eigenvalue weighted by molar-refractivity contribution is -0.141. The van der Waals surface area contributed by atoms with Crippen molar-refractivity contribution in [2.45, 2.75) is 20.8 Å². The van der Waals surface area contributed by atoms with E-state index in [4.69, 9.17) is 9.57 Å². The molecule has 1 heterocycles. The number of rotatable bonds is 2. The molecular weight excluding hydrogens is 246 g/mol. The first kappa shape index (κ1) is 13.1. The van der Waals surface area contributed by atoms with E-state index in [0.29, 0.717) is 5.52 Å². The first-order valence-electron chi connectivity index (χ1n) is 5.84. The maximum absolute atomic E-state index is 11.8. The monoisotopic (exact) mass is 261 g/mol. The summed E-state index contributed by atoms with van der Waals surface area (Å²) in [5, 5.41) is 0.863. The molecule has 1 aromatic carbocycles. The Morgan fingerprint density at radius 3 is 2.37 bits per heavy atom. The molecule has 0 N–H and O–H groups in total. The van der Waals surface area contributed by atoms with Gasteiger partial charge in [-0.05, 0) is 31.0 Å². The molecule has 0 bridgehead atoms. The van der Waals surface area contributed by atoms with E-state index in [0.717, 1.165) is 16.5 Å². The molecule has 0 aliphatic rings. The number of esters is 1. The number of carbonyl (C=O) groups is 2. The molecule has 19 heavy (non-hydrogen) atoms. The van der Waals surface area contributed by atoms with Crippen LogP contribution in [-0.2, 0) is 9.53 Å². The number of aryl methyl sites for hydroxylation is 2. The summed E-state index contributed by atoms with van der Waals surface area (Å²) in [5.41, 5.74) is 2.81. The molecule has 0 fully saturated rings. The van der Waals surface area contributed by atoms with Crippen LogP contribution in [0, 0.1) is 13.8 Å². The second-order valence-electron chi connectivity index (χ2n) is 4.36. The Bertz CT molecular complexity index is 670. The molecule has 2 rings (SSSR count). The fourth-order valence-electron chi connectivity index (χ4n) is 2.06. The minimum absolute atomic E-state index is 0.199. The van der Waals surface area contributed by atoms with Crippen LogP contribution in [0.3, 0.4) is 0 Å². The predicted octanol–water partition coefficient (Wildman–Crippen LogP) is 2.02. The van der Waals surface area contributed by atoms with E-state index in [1.165, 1.54) is 18.8 Å². The average molecular weight is 261 g/mol. The Kier molecular flexibility index (Phi) is 3.29. The lowest BCUT2D eigenvalue weighted by Crippen LogP contribution is -2.21. The van der Waals surface area contributed by atoms with Crippen molar-refractivity contribution in [3.05, 3.63) is 35.0 Å². The van der Waals surface area contributed by atoms with Crippen molar-refractivity contribution in [2.24, 2.45) is 0 Å². The quantitative estimate of drug-likeness (QED) is 0.776. The molecule has 0 radical (unpaired) electrons. The standard InChI is InChI=1S/C14H15NO4/c1-8-5-6-9(2)13-11(8)7-12(14(17)18-4)15(13)19-10(3)16/h5-7H,1-4H3. The zero-order chi connectivity index (χ0) is 14.2.